The Morgan fingerprint density at radius 3 is 2.93 bits per heavy atom. The maximum atomic E-state index is 11.2. The lowest BCUT2D eigenvalue weighted by atomic mass is 10.2. The average molecular weight is 212 g/mol. The second kappa shape index (κ2) is 2.71. The molecule has 0 amide bonds. The number of Topliss-reactive ketones (excluding diaryl/α,β-unsaturated/α-hetero) is 1. The molecule has 2 aliphatic heterocycles. The number of hydrogen-bond acceptors (Lipinski definition) is 6. The van der Waals surface area contributed by atoms with Crippen molar-refractivity contribution in [1.82, 2.24) is 0 Å². The molecule has 0 saturated carbocycles. The number of carbonyl (C=O) groups is 1. The van der Waals surface area contributed by atoms with E-state index in [1.54, 1.807) is 0 Å². The van der Waals surface area contributed by atoms with Crippen LogP contribution in [0.15, 0.2) is 20.0 Å². The molecule has 6 nitrogen and oxygen atoms in total. The predicted octanol–water partition coefficient (Wildman–Crippen LogP) is -0.280. The number of fused-ring (bicyclic) bond motifs is 1. The Morgan fingerprint density at radius 2 is 2.29 bits per heavy atom. The Hall–Kier alpha value is -1.56. The maximum Gasteiger partial charge on any atom is 0.289 e. The topological polar surface area (TPSA) is 92.5 Å². The number of nitrogens with two attached hydrogens (primary N) is 1. The van der Waals surface area contributed by atoms with Crippen LogP contribution in [-0.4, -0.2) is 34.6 Å². The summed E-state index contributed by atoms with van der Waals surface area (Å²) in [6.07, 6.45) is 1.29. The van der Waals surface area contributed by atoms with E-state index in [4.69, 9.17) is 17.3 Å². The predicted molar refractivity (Wildman–Crippen MR) is 54.2 cm³/mol. The molecule has 0 radical (unpaired) electrons. The summed E-state index contributed by atoms with van der Waals surface area (Å²) in [6, 6.07) is 0. The smallest absolute Gasteiger partial charge is 0.289 e. The fraction of sp³-hybridized carbons (Fsp3) is 0.286. The van der Waals surface area contributed by atoms with Gasteiger partial charge in [0, 0.05) is 6.92 Å². The van der Waals surface area contributed by atoms with E-state index < -0.39 is 10.9 Å². The molecule has 72 valence electrons. The molecule has 0 bridgehead atoms. The second-order valence-corrected chi connectivity index (χ2v) is 3.33. The third kappa shape index (κ3) is 1.15. The van der Waals surface area contributed by atoms with Crippen molar-refractivity contribution in [1.29, 1.82) is 0 Å². The lowest BCUT2D eigenvalue weighted by Crippen LogP contribution is -2.41. The number of halogens is 1. The summed E-state index contributed by atoms with van der Waals surface area (Å²) in [6.45, 7) is 1.29. The van der Waals surface area contributed by atoms with Gasteiger partial charge in [-0.2, -0.15) is 0 Å². The van der Waals surface area contributed by atoms with Crippen LogP contribution >= 0.6 is 11.6 Å². The highest BCUT2D eigenvalue weighted by Crippen LogP contribution is 2.24. The van der Waals surface area contributed by atoms with E-state index in [1.807, 2.05) is 0 Å². The minimum atomic E-state index is -1.67. The highest BCUT2D eigenvalue weighted by Gasteiger charge is 2.38. The molecule has 1 unspecified atom stereocenters. The Morgan fingerprint density at radius 1 is 1.57 bits per heavy atom. The number of amidine groups is 2. The van der Waals surface area contributed by atoms with Crippen LogP contribution in [-0.2, 0) is 4.79 Å². The number of alkyl halides is 1. The quantitative estimate of drug-likeness (QED) is 0.477. The van der Waals surface area contributed by atoms with Gasteiger partial charge in [0.05, 0.1) is 0 Å². The van der Waals surface area contributed by atoms with Gasteiger partial charge in [-0.1, -0.05) is 11.6 Å². The molecule has 0 aromatic heterocycles. The fourth-order valence-corrected chi connectivity index (χ4v) is 1.23. The Balaban J connectivity index is 2.53. The number of carbonyl (C=O) groups excluding carboxylic acids is 1. The second-order valence-electron chi connectivity index (χ2n) is 2.80. The Labute approximate surface area is 84.3 Å². The van der Waals surface area contributed by atoms with Crippen molar-refractivity contribution in [2.75, 3.05) is 0 Å². The van der Waals surface area contributed by atoms with Crippen LogP contribution in [0.5, 0.6) is 0 Å². The minimum Gasteiger partial charge on any atom is -0.382 e. The number of hydrogen-bond donors (Lipinski definition) is 1. The minimum absolute atomic E-state index is 0.0812. The van der Waals surface area contributed by atoms with Crippen molar-refractivity contribution in [3.05, 3.63) is 0 Å². The fourth-order valence-electron chi connectivity index (χ4n) is 1.06. The molecule has 7 heteroatoms. The zero-order chi connectivity index (χ0) is 10.3. The molecule has 0 saturated heterocycles. The van der Waals surface area contributed by atoms with E-state index in [2.05, 4.69) is 20.0 Å². The summed E-state index contributed by atoms with van der Waals surface area (Å²) in [5.74, 6) is -0.0730. The van der Waals surface area contributed by atoms with Crippen LogP contribution in [0.4, 0.5) is 0 Å². The van der Waals surface area contributed by atoms with E-state index >= 15 is 0 Å². The van der Waals surface area contributed by atoms with E-state index in [-0.39, 0.29) is 11.7 Å². The first-order chi connectivity index (χ1) is 6.53. The normalized spacial score (nSPS) is 29.1. The summed E-state index contributed by atoms with van der Waals surface area (Å²) in [7, 11) is 0. The highest BCUT2D eigenvalue weighted by molar-refractivity contribution is 6.71. The van der Waals surface area contributed by atoms with Gasteiger partial charge in [-0.25, -0.2) is 20.0 Å². The van der Waals surface area contributed by atoms with Crippen LogP contribution < -0.4 is 5.73 Å². The van der Waals surface area contributed by atoms with E-state index in [0.29, 0.717) is 5.71 Å². The van der Waals surface area contributed by atoms with Gasteiger partial charge in [-0.3, -0.25) is 4.79 Å². The first-order valence-corrected chi connectivity index (χ1v) is 4.17. The van der Waals surface area contributed by atoms with Crippen LogP contribution in [0, 0.1) is 0 Å². The Kier molecular flexibility index (Phi) is 1.75. The summed E-state index contributed by atoms with van der Waals surface area (Å²) < 4.78 is 0. The monoisotopic (exact) mass is 211 g/mol. The van der Waals surface area contributed by atoms with Gasteiger partial charge in [-0.15, -0.1) is 0 Å². The largest absolute Gasteiger partial charge is 0.382 e. The Bertz CT molecular complexity index is 435. The number of ketones is 1. The lowest BCUT2D eigenvalue weighted by Gasteiger charge is -2.19. The third-order valence-electron chi connectivity index (χ3n) is 1.79. The summed E-state index contributed by atoms with van der Waals surface area (Å²) in [5.41, 5.74) is 5.92. The number of nitrogens with zero attached hydrogens (tertiary/aromatic N) is 4. The summed E-state index contributed by atoms with van der Waals surface area (Å²) in [5, 5.41) is -1.67. The van der Waals surface area contributed by atoms with Gasteiger partial charge >= 0.3 is 0 Å². The first-order valence-electron chi connectivity index (χ1n) is 3.79. The molecule has 2 heterocycles. The molecule has 0 aromatic carbocycles. The molecule has 2 aliphatic rings. The third-order valence-corrected chi connectivity index (χ3v) is 2.23. The molecular formula is C7H6ClN5O. The van der Waals surface area contributed by atoms with Crippen LogP contribution in [0.25, 0.3) is 0 Å². The van der Waals surface area contributed by atoms with Gasteiger partial charge in [0.1, 0.15) is 6.34 Å². The molecule has 2 N–H and O–H groups in total. The van der Waals surface area contributed by atoms with Gasteiger partial charge in [0.25, 0.3) is 5.12 Å². The van der Waals surface area contributed by atoms with Crippen molar-refractivity contribution < 1.29 is 4.79 Å². The van der Waals surface area contributed by atoms with Crippen molar-refractivity contribution in [3.8, 4) is 0 Å². The standard InChI is InChI=1S/C7H6ClN5O/c1-3(14)7(8)12-5(9)4-6(13-7)11-2-10-4/h2H,1H3,(H2,9,12). The molecule has 0 aromatic rings. The average Bonchev–Trinajstić information content (AvgIpc) is 2.51. The van der Waals surface area contributed by atoms with Gasteiger partial charge in [-0.05, 0) is 0 Å². The van der Waals surface area contributed by atoms with Crippen molar-refractivity contribution in [2.24, 2.45) is 25.7 Å². The first kappa shape index (κ1) is 9.01. The van der Waals surface area contributed by atoms with Crippen LogP contribution in [0.2, 0.25) is 0 Å². The van der Waals surface area contributed by atoms with Crippen LogP contribution in [0.3, 0.4) is 0 Å². The summed E-state index contributed by atoms with van der Waals surface area (Å²) >= 11 is 5.84. The molecule has 14 heavy (non-hydrogen) atoms. The summed E-state index contributed by atoms with van der Waals surface area (Å²) in [4.78, 5) is 26.4. The van der Waals surface area contributed by atoms with Crippen LogP contribution in [0.1, 0.15) is 6.92 Å². The highest BCUT2D eigenvalue weighted by atomic mass is 35.5. The van der Waals surface area contributed by atoms with Gasteiger partial charge in [0.15, 0.2) is 23.2 Å². The molecular weight excluding hydrogens is 206 g/mol. The van der Waals surface area contributed by atoms with Gasteiger partial charge in [0.2, 0.25) is 0 Å². The van der Waals surface area contributed by atoms with Gasteiger partial charge < -0.3 is 5.73 Å². The molecule has 1 atom stereocenters. The number of rotatable bonds is 1. The van der Waals surface area contributed by atoms with Crippen molar-refractivity contribution >= 4 is 41.1 Å². The van der Waals surface area contributed by atoms with E-state index in [0.717, 1.165) is 0 Å². The zero-order valence-corrected chi connectivity index (χ0v) is 7.99. The molecule has 2 rings (SSSR count). The van der Waals surface area contributed by atoms with Crippen molar-refractivity contribution in [3.63, 3.8) is 0 Å². The molecule has 0 fully saturated rings. The lowest BCUT2D eigenvalue weighted by molar-refractivity contribution is -0.119. The number of aliphatic imine (C=N–C) groups is 4. The zero-order valence-electron chi connectivity index (χ0n) is 7.23. The van der Waals surface area contributed by atoms with E-state index in [9.17, 15) is 4.79 Å². The van der Waals surface area contributed by atoms with Crippen molar-refractivity contribution in [2.45, 2.75) is 12.0 Å². The SMILES string of the molecule is CC(=O)C1(Cl)N=C(N)C2=NC=NC2=N1. The molecule has 0 aliphatic carbocycles. The maximum absolute atomic E-state index is 11.2. The van der Waals surface area contributed by atoms with E-state index in [1.165, 1.54) is 13.3 Å². The molecule has 0 spiro atoms.